The summed E-state index contributed by atoms with van der Waals surface area (Å²) in [5.74, 6) is -1.51. The van der Waals surface area contributed by atoms with Crippen molar-refractivity contribution in [3.8, 4) is 0 Å². The number of carbonyl (C=O) groups excluding carboxylic acids is 1. The molecule has 4 N–H and O–H groups in total. The summed E-state index contributed by atoms with van der Waals surface area (Å²) in [4.78, 5) is 28.4. The number of rotatable bonds is 6. The zero-order valence-electron chi connectivity index (χ0n) is 13.0. The van der Waals surface area contributed by atoms with E-state index >= 15 is 0 Å². The molecule has 0 unspecified atom stereocenters. The van der Waals surface area contributed by atoms with Gasteiger partial charge in [0.1, 0.15) is 16.7 Å². The fraction of sp³-hybridized carbons (Fsp3) is 0.643. The van der Waals surface area contributed by atoms with Gasteiger partial charge in [-0.15, -0.1) is 11.3 Å². The number of nitrogens with two attached hydrogens (primary N) is 1. The number of hydrogen-bond donors (Lipinski definition) is 3. The monoisotopic (exact) mass is 313 g/mol. The van der Waals surface area contributed by atoms with Crippen molar-refractivity contribution in [3.63, 3.8) is 0 Å². The van der Waals surface area contributed by atoms with Gasteiger partial charge in [-0.2, -0.15) is 0 Å². The summed E-state index contributed by atoms with van der Waals surface area (Å²) in [6, 6.07) is -1.16. The number of nitrogens with one attached hydrogen (secondary N) is 1. The summed E-state index contributed by atoms with van der Waals surface area (Å²) in [6.07, 6.45) is 0. The summed E-state index contributed by atoms with van der Waals surface area (Å²) in [5, 5.41) is 12.3. The van der Waals surface area contributed by atoms with Gasteiger partial charge in [0.15, 0.2) is 0 Å². The maximum atomic E-state index is 12.2. The lowest BCUT2D eigenvalue weighted by atomic mass is 10.0. The Morgan fingerprint density at radius 3 is 2.24 bits per heavy atom. The van der Waals surface area contributed by atoms with Gasteiger partial charge >= 0.3 is 5.97 Å². The molecule has 118 valence electrons. The lowest BCUT2D eigenvalue weighted by molar-refractivity contribution is -0.140. The maximum Gasteiger partial charge on any atom is 0.326 e. The second-order valence-electron chi connectivity index (χ2n) is 5.76. The van der Waals surface area contributed by atoms with E-state index in [-0.39, 0.29) is 23.6 Å². The van der Waals surface area contributed by atoms with E-state index in [1.54, 1.807) is 20.8 Å². The zero-order valence-corrected chi connectivity index (χ0v) is 13.8. The lowest BCUT2D eigenvalue weighted by Crippen LogP contribution is -2.44. The van der Waals surface area contributed by atoms with Gasteiger partial charge in [0, 0.05) is 4.88 Å². The lowest BCUT2D eigenvalue weighted by Gasteiger charge is -2.17. The molecule has 0 saturated heterocycles. The summed E-state index contributed by atoms with van der Waals surface area (Å²) in [7, 11) is 0. The average Bonchev–Trinajstić information content (AvgIpc) is 2.75. The molecule has 0 aliphatic carbocycles. The van der Waals surface area contributed by atoms with Crippen molar-refractivity contribution in [2.24, 2.45) is 17.6 Å². The van der Waals surface area contributed by atoms with E-state index in [2.05, 4.69) is 10.3 Å². The van der Waals surface area contributed by atoms with Crippen LogP contribution in [0.2, 0.25) is 0 Å². The largest absolute Gasteiger partial charge is 0.480 e. The van der Waals surface area contributed by atoms with Crippen molar-refractivity contribution in [2.75, 3.05) is 0 Å². The van der Waals surface area contributed by atoms with Crippen LogP contribution in [0, 0.1) is 18.8 Å². The molecule has 7 heteroatoms. The Hall–Kier alpha value is -1.47. The minimum atomic E-state index is -1.05. The summed E-state index contributed by atoms with van der Waals surface area (Å²) >= 11 is 1.38. The van der Waals surface area contributed by atoms with Crippen LogP contribution < -0.4 is 11.1 Å². The molecule has 6 nitrogen and oxygen atoms in total. The molecule has 1 rings (SSSR count). The third-order valence-electron chi connectivity index (χ3n) is 3.25. The van der Waals surface area contributed by atoms with Gasteiger partial charge in [-0.05, 0) is 18.8 Å². The van der Waals surface area contributed by atoms with Gasteiger partial charge in [0.2, 0.25) is 0 Å². The van der Waals surface area contributed by atoms with Crippen molar-refractivity contribution in [3.05, 3.63) is 15.6 Å². The average molecular weight is 313 g/mol. The number of aromatic nitrogens is 1. The van der Waals surface area contributed by atoms with Crippen LogP contribution in [0.15, 0.2) is 0 Å². The summed E-state index contributed by atoms with van der Waals surface area (Å²) in [6.45, 7) is 9.25. The van der Waals surface area contributed by atoms with E-state index in [1.807, 2.05) is 13.8 Å². The van der Waals surface area contributed by atoms with Crippen molar-refractivity contribution in [1.82, 2.24) is 10.3 Å². The van der Waals surface area contributed by atoms with E-state index in [1.165, 1.54) is 11.3 Å². The minimum Gasteiger partial charge on any atom is -0.480 e. The number of carboxylic acid groups (broad SMARTS) is 1. The molecule has 21 heavy (non-hydrogen) atoms. The number of thiazole rings is 1. The maximum absolute atomic E-state index is 12.2. The van der Waals surface area contributed by atoms with E-state index in [0.29, 0.717) is 5.01 Å². The van der Waals surface area contributed by atoms with Crippen molar-refractivity contribution < 1.29 is 14.7 Å². The number of carbonyl (C=O) groups is 2. The molecule has 1 amide bonds. The van der Waals surface area contributed by atoms with Gasteiger partial charge in [-0.1, -0.05) is 27.7 Å². The normalized spacial score (nSPS) is 14.3. The molecule has 0 fully saturated rings. The van der Waals surface area contributed by atoms with E-state index in [0.717, 1.165) is 4.88 Å². The molecule has 1 heterocycles. The highest BCUT2D eigenvalue weighted by atomic mass is 32.1. The zero-order chi connectivity index (χ0) is 16.3. The van der Waals surface area contributed by atoms with E-state index < -0.39 is 17.9 Å². The van der Waals surface area contributed by atoms with Crippen LogP contribution >= 0.6 is 11.3 Å². The Labute approximate surface area is 128 Å². The van der Waals surface area contributed by atoms with Gasteiger partial charge in [-0.25, -0.2) is 9.78 Å². The number of carboxylic acids is 1. The van der Waals surface area contributed by atoms with Crippen molar-refractivity contribution in [1.29, 1.82) is 0 Å². The Kier molecular flexibility index (Phi) is 5.86. The first-order valence-electron chi connectivity index (χ1n) is 6.91. The van der Waals surface area contributed by atoms with Crippen LogP contribution in [0.4, 0.5) is 0 Å². The fourth-order valence-corrected chi connectivity index (χ4v) is 2.87. The van der Waals surface area contributed by atoms with Gasteiger partial charge in [0.05, 0.1) is 6.04 Å². The molecule has 0 aliphatic rings. The third-order valence-corrected chi connectivity index (χ3v) is 4.32. The Bertz CT molecular complexity index is 526. The predicted molar refractivity (Wildman–Crippen MR) is 82.3 cm³/mol. The third kappa shape index (κ3) is 4.25. The summed E-state index contributed by atoms with van der Waals surface area (Å²) < 4.78 is 0. The first-order chi connectivity index (χ1) is 9.65. The number of amides is 1. The number of hydrogen-bond acceptors (Lipinski definition) is 5. The van der Waals surface area contributed by atoms with E-state index in [9.17, 15) is 9.59 Å². The molecule has 0 radical (unpaired) electrons. The van der Waals surface area contributed by atoms with Crippen LogP contribution in [0.3, 0.4) is 0 Å². The first-order valence-corrected chi connectivity index (χ1v) is 7.73. The molecule has 2 atom stereocenters. The molecule has 0 aliphatic heterocycles. The topological polar surface area (TPSA) is 105 Å². The Balaban J connectivity index is 2.95. The van der Waals surface area contributed by atoms with Crippen molar-refractivity contribution >= 4 is 23.2 Å². The molecule has 0 spiro atoms. The Morgan fingerprint density at radius 1 is 1.24 bits per heavy atom. The second-order valence-corrected chi connectivity index (χ2v) is 6.99. The molecular weight excluding hydrogens is 290 g/mol. The standard InChI is InChI=1S/C14H23N3O3S/c1-6(2)9(15)13-17-11(8(5)21-13)12(18)16-10(7(3)4)14(19)20/h6-7,9-10H,15H2,1-5H3,(H,16,18)(H,19,20)/t9-,10-/m0/s1. The number of aryl methyl sites for hydroxylation is 1. The van der Waals surface area contributed by atoms with Crippen LogP contribution in [-0.2, 0) is 4.79 Å². The highest BCUT2D eigenvalue weighted by molar-refractivity contribution is 7.12. The van der Waals surface area contributed by atoms with E-state index in [4.69, 9.17) is 10.8 Å². The highest BCUT2D eigenvalue weighted by Crippen LogP contribution is 2.26. The Morgan fingerprint density at radius 2 is 1.81 bits per heavy atom. The number of aliphatic carboxylic acids is 1. The molecule has 1 aromatic rings. The molecule has 0 saturated carbocycles. The minimum absolute atomic E-state index is 0.206. The molecule has 0 aromatic carbocycles. The SMILES string of the molecule is Cc1sc([C@@H](N)C(C)C)nc1C(=O)N[C@H](C(=O)O)C(C)C. The van der Waals surface area contributed by atoms with Crippen LogP contribution in [0.25, 0.3) is 0 Å². The summed E-state index contributed by atoms with van der Waals surface area (Å²) in [5.41, 5.74) is 6.30. The van der Waals surface area contributed by atoms with Crippen molar-refractivity contribution in [2.45, 2.75) is 46.7 Å². The molecule has 0 bridgehead atoms. The second kappa shape index (κ2) is 7.00. The number of nitrogens with zero attached hydrogens (tertiary/aromatic N) is 1. The quantitative estimate of drug-likeness (QED) is 0.744. The molecule has 1 aromatic heterocycles. The highest BCUT2D eigenvalue weighted by Gasteiger charge is 2.27. The van der Waals surface area contributed by atoms with Crippen LogP contribution in [0.1, 0.15) is 54.1 Å². The van der Waals surface area contributed by atoms with Gasteiger partial charge < -0.3 is 16.2 Å². The van der Waals surface area contributed by atoms with Gasteiger partial charge in [0.25, 0.3) is 5.91 Å². The van der Waals surface area contributed by atoms with Gasteiger partial charge in [-0.3, -0.25) is 4.79 Å². The first kappa shape index (κ1) is 17.6. The smallest absolute Gasteiger partial charge is 0.326 e. The van der Waals surface area contributed by atoms with Crippen LogP contribution in [0.5, 0.6) is 0 Å². The fourth-order valence-electron chi connectivity index (χ4n) is 1.78. The predicted octanol–water partition coefficient (Wildman–Crippen LogP) is 1.95. The molecular formula is C14H23N3O3S. The van der Waals surface area contributed by atoms with Crippen LogP contribution in [-0.4, -0.2) is 28.0 Å².